The highest BCUT2D eigenvalue weighted by atomic mass is 15.0. The van der Waals surface area contributed by atoms with Crippen LogP contribution in [0.4, 0.5) is 11.5 Å². The molecule has 0 saturated carbocycles. The minimum atomic E-state index is 0.504. The molecule has 0 aliphatic carbocycles. The van der Waals surface area contributed by atoms with Crippen LogP contribution in [0.25, 0.3) is 0 Å². The monoisotopic (exact) mass is 218 g/mol. The molecule has 1 heterocycles. The fourth-order valence-corrected chi connectivity index (χ4v) is 1.42. The van der Waals surface area contributed by atoms with Gasteiger partial charge in [-0.1, -0.05) is 13.8 Å². The van der Waals surface area contributed by atoms with Gasteiger partial charge in [0.1, 0.15) is 11.9 Å². The van der Waals surface area contributed by atoms with Crippen molar-refractivity contribution in [2.45, 2.75) is 26.7 Å². The van der Waals surface area contributed by atoms with E-state index in [-0.39, 0.29) is 0 Å². The van der Waals surface area contributed by atoms with E-state index in [1.165, 1.54) is 6.42 Å². The molecule has 0 saturated heterocycles. The molecular weight excluding hydrogens is 200 g/mol. The molecule has 1 aromatic heterocycles. The number of pyridine rings is 1. The molecule has 86 valence electrons. The summed E-state index contributed by atoms with van der Waals surface area (Å²) in [6, 6.07) is 3.72. The van der Waals surface area contributed by atoms with Crippen LogP contribution in [0.1, 0.15) is 32.3 Å². The predicted molar refractivity (Wildman–Crippen MR) is 65.9 cm³/mol. The second-order valence-corrected chi connectivity index (χ2v) is 4.24. The van der Waals surface area contributed by atoms with Gasteiger partial charge in [0.25, 0.3) is 0 Å². The summed E-state index contributed by atoms with van der Waals surface area (Å²) in [5.74, 6) is 1.33. The van der Waals surface area contributed by atoms with E-state index in [1.54, 1.807) is 12.3 Å². The third kappa shape index (κ3) is 3.77. The number of nitrogens with one attached hydrogen (secondary N) is 1. The van der Waals surface area contributed by atoms with Crippen molar-refractivity contribution >= 4 is 11.5 Å². The molecule has 1 rings (SSSR count). The lowest BCUT2D eigenvalue weighted by atomic mass is 10.1. The van der Waals surface area contributed by atoms with Crippen molar-refractivity contribution in [3.63, 3.8) is 0 Å². The first-order valence-electron chi connectivity index (χ1n) is 5.53. The van der Waals surface area contributed by atoms with E-state index in [4.69, 9.17) is 11.0 Å². The van der Waals surface area contributed by atoms with Gasteiger partial charge in [-0.2, -0.15) is 5.26 Å². The zero-order valence-electron chi connectivity index (χ0n) is 9.83. The maximum atomic E-state index is 8.90. The predicted octanol–water partition coefficient (Wildman–Crippen LogP) is 2.38. The molecule has 0 amide bonds. The molecule has 16 heavy (non-hydrogen) atoms. The highest BCUT2D eigenvalue weighted by molar-refractivity contribution is 5.57. The molecule has 0 unspecified atom stereocenters. The Labute approximate surface area is 96.5 Å². The van der Waals surface area contributed by atoms with Crippen molar-refractivity contribution in [3.8, 4) is 6.07 Å². The third-order valence-corrected chi connectivity index (χ3v) is 2.28. The Kier molecular flexibility index (Phi) is 4.59. The smallest absolute Gasteiger partial charge is 0.144 e. The first-order valence-corrected chi connectivity index (χ1v) is 5.53. The number of nitrogens with zero attached hydrogens (tertiary/aromatic N) is 2. The Morgan fingerprint density at radius 3 is 2.94 bits per heavy atom. The normalized spacial score (nSPS) is 10.1. The summed E-state index contributed by atoms with van der Waals surface area (Å²) < 4.78 is 0. The van der Waals surface area contributed by atoms with E-state index >= 15 is 0 Å². The Morgan fingerprint density at radius 1 is 1.56 bits per heavy atom. The lowest BCUT2D eigenvalue weighted by Crippen LogP contribution is -2.06. The van der Waals surface area contributed by atoms with Crippen LogP contribution in [0.15, 0.2) is 12.3 Å². The van der Waals surface area contributed by atoms with Gasteiger partial charge in [-0.05, 0) is 24.8 Å². The summed E-state index contributed by atoms with van der Waals surface area (Å²) in [6.45, 7) is 5.23. The summed E-state index contributed by atoms with van der Waals surface area (Å²) in [5.41, 5.74) is 6.58. The van der Waals surface area contributed by atoms with Crippen molar-refractivity contribution in [1.82, 2.24) is 4.98 Å². The topological polar surface area (TPSA) is 74.7 Å². The van der Waals surface area contributed by atoms with Crippen molar-refractivity contribution in [1.29, 1.82) is 5.26 Å². The Bertz CT molecular complexity index is 379. The van der Waals surface area contributed by atoms with Crippen LogP contribution < -0.4 is 11.1 Å². The molecule has 1 aromatic rings. The first-order chi connectivity index (χ1) is 7.63. The molecule has 4 nitrogen and oxygen atoms in total. The van der Waals surface area contributed by atoms with Crippen LogP contribution in [-0.2, 0) is 0 Å². The molecule has 3 N–H and O–H groups in total. The SMILES string of the molecule is CC(C)CCCNc1ncc(N)cc1C#N. The van der Waals surface area contributed by atoms with Crippen molar-refractivity contribution in [2.24, 2.45) is 5.92 Å². The van der Waals surface area contributed by atoms with Crippen LogP contribution in [0.2, 0.25) is 0 Å². The number of hydrogen-bond donors (Lipinski definition) is 2. The van der Waals surface area contributed by atoms with Crippen LogP contribution in [-0.4, -0.2) is 11.5 Å². The van der Waals surface area contributed by atoms with Gasteiger partial charge >= 0.3 is 0 Å². The molecular formula is C12H18N4. The first kappa shape index (κ1) is 12.3. The maximum Gasteiger partial charge on any atom is 0.144 e. The zero-order chi connectivity index (χ0) is 12.0. The van der Waals surface area contributed by atoms with Gasteiger partial charge in [-0.3, -0.25) is 0 Å². The summed E-state index contributed by atoms with van der Waals surface area (Å²) >= 11 is 0. The van der Waals surface area contributed by atoms with Crippen molar-refractivity contribution in [2.75, 3.05) is 17.6 Å². The van der Waals surface area contributed by atoms with Gasteiger partial charge in [0, 0.05) is 6.54 Å². The molecule has 0 spiro atoms. The zero-order valence-corrected chi connectivity index (χ0v) is 9.83. The fraction of sp³-hybridized carbons (Fsp3) is 0.500. The van der Waals surface area contributed by atoms with Crippen LogP contribution in [0.3, 0.4) is 0 Å². The molecule has 4 heteroatoms. The Hall–Kier alpha value is -1.76. The van der Waals surface area contributed by atoms with Crippen LogP contribution in [0, 0.1) is 17.2 Å². The van der Waals surface area contributed by atoms with Gasteiger partial charge < -0.3 is 11.1 Å². The minimum Gasteiger partial charge on any atom is -0.397 e. The number of nitrogen functional groups attached to an aromatic ring is 1. The molecule has 0 atom stereocenters. The molecule has 0 aromatic carbocycles. The number of hydrogen-bond acceptors (Lipinski definition) is 4. The number of rotatable bonds is 5. The quantitative estimate of drug-likeness (QED) is 0.744. The minimum absolute atomic E-state index is 0.504. The number of nitriles is 1. The van der Waals surface area contributed by atoms with Gasteiger partial charge in [-0.15, -0.1) is 0 Å². The summed E-state index contributed by atoms with van der Waals surface area (Å²) in [6.07, 6.45) is 3.81. The van der Waals surface area contributed by atoms with E-state index in [9.17, 15) is 0 Å². The second-order valence-electron chi connectivity index (χ2n) is 4.24. The molecule has 0 radical (unpaired) electrons. The lowest BCUT2D eigenvalue weighted by Gasteiger charge is -2.08. The number of anilines is 2. The van der Waals surface area contributed by atoms with Gasteiger partial charge in [0.2, 0.25) is 0 Å². The number of nitrogens with two attached hydrogens (primary N) is 1. The molecule has 0 bridgehead atoms. The largest absolute Gasteiger partial charge is 0.397 e. The summed E-state index contributed by atoms with van der Waals surface area (Å²) in [5, 5.41) is 12.1. The second kappa shape index (κ2) is 5.96. The Morgan fingerprint density at radius 2 is 2.31 bits per heavy atom. The van der Waals surface area contributed by atoms with Crippen LogP contribution >= 0.6 is 0 Å². The van der Waals surface area contributed by atoms with E-state index in [2.05, 4.69) is 30.2 Å². The van der Waals surface area contributed by atoms with E-state index in [1.807, 2.05) is 0 Å². The van der Waals surface area contributed by atoms with E-state index in [0.717, 1.165) is 13.0 Å². The average Bonchev–Trinajstić information content (AvgIpc) is 2.25. The van der Waals surface area contributed by atoms with Crippen molar-refractivity contribution in [3.05, 3.63) is 17.8 Å². The standard InChI is InChI=1S/C12H18N4/c1-9(2)4-3-5-15-12-10(7-13)6-11(14)8-16-12/h6,8-9H,3-5,14H2,1-2H3,(H,15,16). The fourth-order valence-electron chi connectivity index (χ4n) is 1.42. The molecule has 0 aliphatic rings. The van der Waals surface area contributed by atoms with Gasteiger partial charge in [0.05, 0.1) is 17.4 Å². The Balaban J connectivity index is 2.51. The molecule has 0 aliphatic heterocycles. The van der Waals surface area contributed by atoms with E-state index < -0.39 is 0 Å². The number of aromatic nitrogens is 1. The summed E-state index contributed by atoms with van der Waals surface area (Å²) in [7, 11) is 0. The van der Waals surface area contributed by atoms with Crippen LogP contribution in [0.5, 0.6) is 0 Å². The molecule has 0 fully saturated rings. The summed E-state index contributed by atoms with van der Waals surface area (Å²) in [4.78, 5) is 4.11. The average molecular weight is 218 g/mol. The highest BCUT2D eigenvalue weighted by Gasteiger charge is 2.03. The maximum absolute atomic E-state index is 8.90. The van der Waals surface area contributed by atoms with Crippen molar-refractivity contribution < 1.29 is 0 Å². The highest BCUT2D eigenvalue weighted by Crippen LogP contribution is 2.14. The van der Waals surface area contributed by atoms with Gasteiger partial charge in [0.15, 0.2) is 0 Å². The van der Waals surface area contributed by atoms with Gasteiger partial charge in [-0.25, -0.2) is 4.98 Å². The van der Waals surface area contributed by atoms with E-state index in [0.29, 0.717) is 23.0 Å². The third-order valence-electron chi connectivity index (χ3n) is 2.28. The lowest BCUT2D eigenvalue weighted by molar-refractivity contribution is 0.566.